The largest absolute Gasteiger partial charge is 0.494 e. The third-order valence-electron chi connectivity index (χ3n) is 6.08. The quantitative estimate of drug-likeness (QED) is 0.785. The van der Waals surface area contributed by atoms with Crippen molar-refractivity contribution in [3.8, 4) is 5.75 Å². The first-order valence-electron chi connectivity index (χ1n) is 10.7. The minimum atomic E-state index is -0.343. The van der Waals surface area contributed by atoms with Crippen molar-refractivity contribution >= 4 is 17.6 Å². The third-order valence-corrected chi connectivity index (χ3v) is 6.08. The van der Waals surface area contributed by atoms with E-state index in [0.29, 0.717) is 13.2 Å². The standard InChI is InChI=1S/C21H31N5O3/c1-4-6-12-26-19(27)17-18(23(3)21(26)28)22-20-24(13-7-14-25(17)20)15-8-10-16(11-9-15)29-5-2/h8-11,17-18,20,22H,4-7,12-14H2,1-3H3. The highest BCUT2D eigenvalue weighted by Gasteiger charge is 2.55. The highest BCUT2D eigenvalue weighted by Crippen LogP contribution is 2.33. The van der Waals surface area contributed by atoms with Gasteiger partial charge in [-0.1, -0.05) is 13.3 Å². The molecule has 0 radical (unpaired) electrons. The lowest BCUT2D eigenvalue weighted by Crippen LogP contribution is -2.66. The van der Waals surface area contributed by atoms with Crippen LogP contribution < -0.4 is 15.0 Å². The Hall–Kier alpha value is -2.32. The van der Waals surface area contributed by atoms with Crippen molar-refractivity contribution in [1.82, 2.24) is 20.0 Å². The number of nitrogens with zero attached hydrogens (tertiary/aromatic N) is 4. The van der Waals surface area contributed by atoms with Gasteiger partial charge in [0.05, 0.1) is 6.61 Å². The Morgan fingerprint density at radius 2 is 1.90 bits per heavy atom. The first kappa shape index (κ1) is 20.0. The zero-order valence-electron chi connectivity index (χ0n) is 17.5. The first-order valence-corrected chi connectivity index (χ1v) is 10.7. The monoisotopic (exact) mass is 401 g/mol. The fraction of sp³-hybridized carbons (Fsp3) is 0.619. The average Bonchev–Trinajstić information content (AvgIpc) is 3.13. The Morgan fingerprint density at radius 1 is 1.14 bits per heavy atom. The van der Waals surface area contributed by atoms with E-state index in [-0.39, 0.29) is 30.4 Å². The fourth-order valence-corrected chi connectivity index (χ4v) is 4.61. The minimum absolute atomic E-state index is 0.0740. The van der Waals surface area contributed by atoms with E-state index in [1.54, 1.807) is 11.9 Å². The second-order valence-corrected chi connectivity index (χ2v) is 7.88. The van der Waals surface area contributed by atoms with Gasteiger partial charge < -0.3 is 14.5 Å². The molecule has 1 N–H and O–H groups in total. The van der Waals surface area contributed by atoms with Gasteiger partial charge in [0, 0.05) is 32.4 Å². The van der Waals surface area contributed by atoms with E-state index in [0.717, 1.165) is 43.8 Å². The number of benzene rings is 1. The van der Waals surface area contributed by atoms with E-state index in [1.807, 2.05) is 19.1 Å². The number of nitrogens with one attached hydrogen (secondary N) is 1. The molecule has 3 fully saturated rings. The number of imide groups is 1. The van der Waals surface area contributed by atoms with E-state index < -0.39 is 0 Å². The summed E-state index contributed by atoms with van der Waals surface area (Å²) in [5.74, 6) is 0.778. The molecule has 0 spiro atoms. The summed E-state index contributed by atoms with van der Waals surface area (Å²) in [6, 6.07) is 7.53. The predicted molar refractivity (Wildman–Crippen MR) is 111 cm³/mol. The number of anilines is 1. The molecule has 3 amide bonds. The number of amides is 3. The normalized spacial score (nSPS) is 27.3. The summed E-state index contributed by atoms with van der Waals surface area (Å²) >= 11 is 0. The molecular weight excluding hydrogens is 370 g/mol. The van der Waals surface area contributed by atoms with Crippen LogP contribution in [0.1, 0.15) is 33.1 Å². The summed E-state index contributed by atoms with van der Waals surface area (Å²) in [6.07, 6.45) is 2.33. The first-order chi connectivity index (χ1) is 14.1. The van der Waals surface area contributed by atoms with Crippen molar-refractivity contribution < 1.29 is 14.3 Å². The smallest absolute Gasteiger partial charge is 0.327 e. The van der Waals surface area contributed by atoms with Crippen LogP contribution in [0.25, 0.3) is 0 Å². The summed E-state index contributed by atoms with van der Waals surface area (Å²) in [5, 5.41) is 3.55. The van der Waals surface area contributed by atoms with Crippen molar-refractivity contribution in [3.05, 3.63) is 24.3 Å². The fourth-order valence-electron chi connectivity index (χ4n) is 4.61. The summed E-state index contributed by atoms with van der Waals surface area (Å²) < 4.78 is 5.56. The van der Waals surface area contributed by atoms with Gasteiger partial charge in [-0.2, -0.15) is 0 Å². The van der Waals surface area contributed by atoms with Gasteiger partial charge in [0.2, 0.25) is 0 Å². The van der Waals surface area contributed by atoms with Gasteiger partial charge in [-0.3, -0.25) is 19.9 Å². The molecule has 3 aliphatic rings. The second-order valence-electron chi connectivity index (χ2n) is 7.88. The van der Waals surface area contributed by atoms with Gasteiger partial charge in [-0.05, 0) is 44.0 Å². The molecular formula is C21H31N5O3. The third kappa shape index (κ3) is 3.44. The lowest BCUT2D eigenvalue weighted by molar-refractivity contribution is -0.138. The molecule has 4 rings (SSSR count). The number of urea groups is 1. The van der Waals surface area contributed by atoms with Crippen molar-refractivity contribution in [2.45, 2.75) is 51.6 Å². The van der Waals surface area contributed by atoms with Crippen molar-refractivity contribution in [2.75, 3.05) is 38.2 Å². The molecule has 158 valence electrons. The van der Waals surface area contributed by atoms with Gasteiger partial charge in [-0.25, -0.2) is 4.79 Å². The second kappa shape index (κ2) is 8.20. The van der Waals surface area contributed by atoms with E-state index in [4.69, 9.17) is 4.74 Å². The van der Waals surface area contributed by atoms with Crippen molar-refractivity contribution in [3.63, 3.8) is 0 Å². The van der Waals surface area contributed by atoms with Gasteiger partial charge in [0.15, 0.2) is 0 Å². The zero-order chi connectivity index (χ0) is 20.5. The van der Waals surface area contributed by atoms with Crippen LogP contribution in [0.15, 0.2) is 24.3 Å². The van der Waals surface area contributed by atoms with E-state index in [1.165, 1.54) is 4.90 Å². The average molecular weight is 402 g/mol. The van der Waals surface area contributed by atoms with Crippen LogP contribution in [-0.2, 0) is 4.79 Å². The lowest BCUT2D eigenvalue weighted by atomic mass is 10.1. The molecule has 3 saturated heterocycles. The van der Waals surface area contributed by atoms with Gasteiger partial charge in [0.1, 0.15) is 24.2 Å². The number of rotatable bonds is 6. The van der Waals surface area contributed by atoms with E-state index >= 15 is 0 Å². The van der Waals surface area contributed by atoms with Crippen LogP contribution in [0, 0.1) is 0 Å². The van der Waals surface area contributed by atoms with Crippen LogP contribution in [0.4, 0.5) is 10.5 Å². The molecule has 0 aliphatic carbocycles. The molecule has 0 aromatic heterocycles. The molecule has 3 unspecified atom stereocenters. The Morgan fingerprint density at radius 3 is 2.59 bits per heavy atom. The van der Waals surface area contributed by atoms with Crippen LogP contribution >= 0.6 is 0 Å². The number of unbranched alkanes of at least 4 members (excludes halogenated alkanes) is 1. The van der Waals surface area contributed by atoms with E-state index in [9.17, 15) is 9.59 Å². The topological polar surface area (TPSA) is 68.4 Å². The maximum Gasteiger partial charge on any atom is 0.327 e. The van der Waals surface area contributed by atoms with Crippen LogP contribution in [0.5, 0.6) is 5.75 Å². The minimum Gasteiger partial charge on any atom is -0.494 e. The molecule has 0 bridgehead atoms. The molecule has 0 saturated carbocycles. The highest BCUT2D eigenvalue weighted by molar-refractivity contribution is 6.00. The summed E-state index contributed by atoms with van der Waals surface area (Å²) in [6.45, 7) is 6.90. The Bertz CT molecular complexity index is 755. The molecule has 8 nitrogen and oxygen atoms in total. The SMILES string of the molecule is CCCCN1C(=O)C2C(NC3N(c4ccc(OCC)cc4)CCCN23)N(C)C1=O. The Balaban J connectivity index is 1.58. The van der Waals surface area contributed by atoms with Crippen LogP contribution in [0.3, 0.4) is 0 Å². The van der Waals surface area contributed by atoms with Crippen LogP contribution in [-0.4, -0.2) is 78.4 Å². The number of fused-ring (bicyclic) bond motifs is 3. The Kier molecular flexibility index (Phi) is 5.65. The molecule has 3 atom stereocenters. The number of ether oxygens (including phenoxy) is 1. The van der Waals surface area contributed by atoms with Gasteiger partial charge in [-0.15, -0.1) is 0 Å². The molecule has 29 heavy (non-hydrogen) atoms. The molecule has 1 aromatic carbocycles. The number of likely N-dealkylation sites (N-methyl/N-ethyl adjacent to an activating group) is 1. The number of hydrogen-bond acceptors (Lipinski definition) is 6. The predicted octanol–water partition coefficient (Wildman–Crippen LogP) is 1.87. The van der Waals surface area contributed by atoms with Crippen LogP contribution in [0.2, 0.25) is 0 Å². The van der Waals surface area contributed by atoms with Gasteiger partial charge in [0.25, 0.3) is 5.91 Å². The maximum absolute atomic E-state index is 13.2. The summed E-state index contributed by atoms with van der Waals surface area (Å²) in [4.78, 5) is 33.7. The number of carbonyl (C=O) groups is 2. The number of carbonyl (C=O) groups excluding carboxylic acids is 2. The highest BCUT2D eigenvalue weighted by atomic mass is 16.5. The molecule has 3 aliphatic heterocycles. The molecule has 3 heterocycles. The van der Waals surface area contributed by atoms with E-state index in [2.05, 4.69) is 34.2 Å². The maximum atomic E-state index is 13.2. The molecule has 8 heteroatoms. The zero-order valence-corrected chi connectivity index (χ0v) is 17.5. The van der Waals surface area contributed by atoms with Crippen molar-refractivity contribution in [2.24, 2.45) is 0 Å². The van der Waals surface area contributed by atoms with Gasteiger partial charge >= 0.3 is 6.03 Å². The Labute approximate surface area is 172 Å². The lowest BCUT2D eigenvalue weighted by Gasteiger charge is -2.43. The van der Waals surface area contributed by atoms with Crippen molar-refractivity contribution in [1.29, 1.82) is 0 Å². The summed E-state index contributed by atoms with van der Waals surface area (Å²) in [7, 11) is 1.79. The molecule has 1 aromatic rings. The number of hydrogen-bond donors (Lipinski definition) is 1. The summed E-state index contributed by atoms with van der Waals surface area (Å²) in [5.41, 5.74) is 1.08.